The molecule has 9 heteroatoms. The summed E-state index contributed by atoms with van der Waals surface area (Å²) in [6.45, 7) is 2.08. The molecule has 3 rings (SSSR count). The number of aliphatic hydroxyl groups excluding tert-OH is 1. The van der Waals surface area contributed by atoms with Crippen LogP contribution in [0.15, 0.2) is 40.1 Å². The van der Waals surface area contributed by atoms with Crippen molar-refractivity contribution in [3.63, 3.8) is 0 Å². The first-order chi connectivity index (χ1) is 12.7. The average Bonchev–Trinajstić information content (AvgIpc) is 3.30. The van der Waals surface area contributed by atoms with Crippen molar-refractivity contribution in [2.24, 2.45) is 12.0 Å². The predicted molar refractivity (Wildman–Crippen MR) is 106 cm³/mol. The molecule has 1 aliphatic carbocycles. The summed E-state index contributed by atoms with van der Waals surface area (Å²) in [6, 6.07) is 9.53. The standard InChI is InChI=1S/C16H21N3O2.C5H5.3ClH.Ti/c1-13-15(17-11-7-4-8-12-20)16(21)19(18(13)2)14-9-5-3-6-10-14;1-2-4-5-3-1;;;;/h3,5-6,9-11,20H,4,7-8,12H2,1-2H3;1-5H;3*1H;/q;;;;;+2/p-3. The zero-order valence-electron chi connectivity index (χ0n) is 17.0. The van der Waals surface area contributed by atoms with Crippen LogP contribution in [0.3, 0.4) is 0 Å². The number of halogens is 3. The molecule has 0 amide bonds. The molecule has 1 N–H and O–H groups in total. The van der Waals surface area contributed by atoms with E-state index in [4.69, 9.17) is 5.11 Å². The fourth-order valence-electron chi connectivity index (χ4n) is 2.53. The Kier molecular flexibility index (Phi) is 21.8. The number of aliphatic imine (C=N–C) groups is 1. The SMILES string of the molecule is Cc1c(N=CCCCCO)c(=O)n(-c2ccccc2)n1C.[CH]1[CH][CH][CH][CH]1.[Cl-].[Cl-].[Cl-].[Ti+2]. The van der Waals surface area contributed by atoms with E-state index in [2.05, 4.69) is 4.99 Å². The summed E-state index contributed by atoms with van der Waals surface area (Å²) < 4.78 is 3.44. The van der Waals surface area contributed by atoms with Gasteiger partial charge >= 0.3 is 21.7 Å². The van der Waals surface area contributed by atoms with Gasteiger partial charge in [-0.1, -0.05) is 18.2 Å². The Morgan fingerprint density at radius 2 is 1.50 bits per heavy atom. The first-order valence-electron chi connectivity index (χ1n) is 8.81. The number of hydrogen-bond acceptors (Lipinski definition) is 3. The van der Waals surface area contributed by atoms with Crippen molar-refractivity contribution in [1.29, 1.82) is 0 Å². The van der Waals surface area contributed by atoms with E-state index in [0.29, 0.717) is 5.69 Å². The Hall–Kier alpha value is -0.556. The third-order valence-corrected chi connectivity index (χ3v) is 4.04. The van der Waals surface area contributed by atoms with Gasteiger partial charge in [0.15, 0.2) is 5.69 Å². The largest absolute Gasteiger partial charge is 2.00 e. The molecule has 0 spiro atoms. The Morgan fingerprint density at radius 1 is 0.967 bits per heavy atom. The maximum Gasteiger partial charge on any atom is 2.00 e. The van der Waals surface area contributed by atoms with Crippen LogP contribution in [0.4, 0.5) is 5.69 Å². The van der Waals surface area contributed by atoms with Crippen LogP contribution in [0.1, 0.15) is 25.0 Å². The molecule has 1 saturated carbocycles. The number of para-hydroxylation sites is 1. The van der Waals surface area contributed by atoms with Crippen molar-refractivity contribution in [1.82, 2.24) is 9.36 Å². The van der Waals surface area contributed by atoms with Gasteiger partial charge < -0.3 is 42.3 Å². The van der Waals surface area contributed by atoms with Gasteiger partial charge in [0.25, 0.3) is 5.56 Å². The predicted octanol–water partition coefficient (Wildman–Crippen LogP) is -5.62. The number of benzene rings is 1. The topological polar surface area (TPSA) is 59.5 Å². The molecule has 0 aliphatic heterocycles. The Morgan fingerprint density at radius 3 is 2.00 bits per heavy atom. The van der Waals surface area contributed by atoms with E-state index in [1.807, 2.05) is 81.1 Å². The molecular formula is C21H26Cl3N3O2Ti-. The molecule has 1 aromatic carbocycles. The molecule has 0 bridgehead atoms. The van der Waals surface area contributed by atoms with Crippen LogP contribution >= 0.6 is 0 Å². The molecule has 5 radical (unpaired) electrons. The maximum absolute atomic E-state index is 12.5. The third kappa shape index (κ3) is 10.2. The normalized spacial score (nSPS) is 12.0. The fourth-order valence-corrected chi connectivity index (χ4v) is 2.53. The van der Waals surface area contributed by atoms with Gasteiger partial charge in [0.1, 0.15) is 0 Å². The van der Waals surface area contributed by atoms with Crippen LogP contribution < -0.4 is 42.8 Å². The molecule has 0 saturated heterocycles. The first kappa shape index (κ1) is 34.1. The van der Waals surface area contributed by atoms with Crippen molar-refractivity contribution in [3.8, 4) is 5.69 Å². The van der Waals surface area contributed by atoms with E-state index in [0.717, 1.165) is 30.6 Å². The maximum atomic E-state index is 12.5. The third-order valence-electron chi connectivity index (χ3n) is 4.04. The van der Waals surface area contributed by atoms with Gasteiger partial charge in [0, 0.05) is 19.9 Å². The molecule has 1 aliphatic rings. The molecule has 30 heavy (non-hydrogen) atoms. The summed E-state index contributed by atoms with van der Waals surface area (Å²) in [7, 11) is 1.86. The monoisotopic (exact) mass is 505 g/mol. The number of aliphatic hydroxyl groups is 1. The zero-order chi connectivity index (χ0) is 18.8. The number of unbranched alkanes of at least 4 members (excludes halogenated alkanes) is 2. The number of aromatic nitrogens is 2. The van der Waals surface area contributed by atoms with Gasteiger partial charge in [0.2, 0.25) is 0 Å². The van der Waals surface area contributed by atoms with Crippen LogP contribution in [0.25, 0.3) is 5.69 Å². The second-order valence-corrected chi connectivity index (χ2v) is 5.90. The molecule has 0 unspecified atom stereocenters. The molecule has 2 aromatic rings. The Labute approximate surface area is 213 Å². The summed E-state index contributed by atoms with van der Waals surface area (Å²) in [5.41, 5.74) is 2.03. The Balaban J connectivity index is -0.000000714. The summed E-state index contributed by atoms with van der Waals surface area (Å²) >= 11 is 0. The van der Waals surface area contributed by atoms with Crippen molar-refractivity contribution in [3.05, 3.63) is 78.5 Å². The van der Waals surface area contributed by atoms with Gasteiger partial charge in [-0.3, -0.25) is 14.5 Å². The quantitative estimate of drug-likeness (QED) is 0.241. The average molecular weight is 507 g/mol. The molecule has 1 heterocycles. The summed E-state index contributed by atoms with van der Waals surface area (Å²) in [5, 5.41) is 8.74. The van der Waals surface area contributed by atoms with Crippen LogP contribution in [0.2, 0.25) is 0 Å². The second-order valence-electron chi connectivity index (χ2n) is 5.90. The van der Waals surface area contributed by atoms with Crippen molar-refractivity contribution >= 4 is 11.9 Å². The molecule has 163 valence electrons. The fraction of sp³-hybridized carbons (Fsp3) is 0.286. The number of rotatable bonds is 6. The number of hydrogen-bond donors (Lipinski definition) is 1. The summed E-state index contributed by atoms with van der Waals surface area (Å²) in [6.07, 6.45) is 14.2. The molecule has 5 nitrogen and oxygen atoms in total. The van der Waals surface area contributed by atoms with E-state index in [1.165, 1.54) is 0 Å². The minimum absolute atomic E-state index is 0. The first-order valence-corrected chi connectivity index (χ1v) is 8.81. The summed E-state index contributed by atoms with van der Waals surface area (Å²) in [5.74, 6) is 0. The van der Waals surface area contributed by atoms with Gasteiger partial charge in [0.05, 0.1) is 11.4 Å². The molecule has 0 atom stereocenters. The van der Waals surface area contributed by atoms with Gasteiger partial charge in [-0.2, -0.15) is 0 Å². The van der Waals surface area contributed by atoms with Gasteiger partial charge in [-0.15, -0.1) is 0 Å². The molecular weight excluding hydrogens is 480 g/mol. The minimum atomic E-state index is -0.111. The smallest absolute Gasteiger partial charge is 1.00 e. The molecule has 1 fully saturated rings. The van der Waals surface area contributed by atoms with Gasteiger partial charge in [-0.05, 0) is 70.4 Å². The van der Waals surface area contributed by atoms with Crippen LogP contribution in [0.5, 0.6) is 0 Å². The van der Waals surface area contributed by atoms with E-state index >= 15 is 0 Å². The van der Waals surface area contributed by atoms with Gasteiger partial charge in [-0.25, -0.2) is 4.68 Å². The Bertz CT molecular complexity index is 753. The summed E-state index contributed by atoms with van der Waals surface area (Å²) in [4.78, 5) is 16.8. The van der Waals surface area contributed by atoms with Crippen LogP contribution in [0, 0.1) is 39.0 Å². The van der Waals surface area contributed by atoms with Crippen LogP contribution in [-0.2, 0) is 28.8 Å². The number of nitrogens with zero attached hydrogens (tertiary/aromatic N) is 3. The van der Waals surface area contributed by atoms with E-state index in [-0.39, 0.29) is 71.1 Å². The molecule has 1 aromatic heterocycles. The van der Waals surface area contributed by atoms with E-state index in [1.54, 1.807) is 10.9 Å². The zero-order valence-corrected chi connectivity index (χ0v) is 20.8. The van der Waals surface area contributed by atoms with E-state index < -0.39 is 0 Å². The minimum Gasteiger partial charge on any atom is -1.00 e. The van der Waals surface area contributed by atoms with Crippen LogP contribution in [-0.4, -0.2) is 27.3 Å². The second kappa shape index (κ2) is 19.2. The van der Waals surface area contributed by atoms with Crippen molar-refractivity contribution < 1.29 is 64.0 Å². The van der Waals surface area contributed by atoms with Crippen molar-refractivity contribution in [2.45, 2.75) is 26.2 Å². The van der Waals surface area contributed by atoms with Crippen molar-refractivity contribution in [2.75, 3.05) is 6.61 Å². The van der Waals surface area contributed by atoms with E-state index in [9.17, 15) is 4.79 Å².